The molecule has 1 unspecified atom stereocenters. The van der Waals surface area contributed by atoms with Gasteiger partial charge in [0.15, 0.2) is 0 Å². The largest absolute Gasteiger partial charge is 0.310 e. The monoisotopic (exact) mass is 274 g/mol. The summed E-state index contributed by atoms with van der Waals surface area (Å²) in [5, 5.41) is 4.30. The smallest absolute Gasteiger partial charge is 0.0408 e. The van der Waals surface area contributed by atoms with E-state index in [1.54, 1.807) is 0 Å². The number of hydrogen-bond donors (Lipinski definition) is 1. The number of halogens is 1. The van der Waals surface area contributed by atoms with Crippen molar-refractivity contribution < 1.29 is 0 Å². The standard InChI is InChI=1S/C16H19ClN2/c1-12-6-7-15(10-18-12)11-19-13(2)8-14-4-3-5-16(17)9-14/h3-7,9-10,13,19H,8,11H2,1-2H3. The summed E-state index contributed by atoms with van der Waals surface area (Å²) in [7, 11) is 0. The summed E-state index contributed by atoms with van der Waals surface area (Å²) < 4.78 is 0. The second-order valence-corrected chi connectivity index (χ2v) is 5.36. The molecule has 0 aliphatic heterocycles. The first-order chi connectivity index (χ1) is 9.13. The lowest BCUT2D eigenvalue weighted by Gasteiger charge is -2.14. The fraction of sp³-hybridized carbons (Fsp3) is 0.312. The van der Waals surface area contributed by atoms with Crippen molar-refractivity contribution >= 4 is 11.6 Å². The number of rotatable bonds is 5. The molecule has 0 spiro atoms. The number of aryl methyl sites for hydroxylation is 1. The van der Waals surface area contributed by atoms with E-state index in [4.69, 9.17) is 11.6 Å². The minimum absolute atomic E-state index is 0.403. The van der Waals surface area contributed by atoms with Crippen molar-refractivity contribution in [2.75, 3.05) is 0 Å². The molecule has 0 aliphatic rings. The number of aromatic nitrogens is 1. The summed E-state index contributed by atoms with van der Waals surface area (Å²) in [6.07, 6.45) is 2.90. The van der Waals surface area contributed by atoms with Crippen molar-refractivity contribution in [3.63, 3.8) is 0 Å². The van der Waals surface area contributed by atoms with Gasteiger partial charge in [0, 0.05) is 29.5 Å². The van der Waals surface area contributed by atoms with E-state index in [1.807, 2.05) is 37.4 Å². The van der Waals surface area contributed by atoms with Gasteiger partial charge in [-0.1, -0.05) is 29.8 Å². The van der Waals surface area contributed by atoms with Gasteiger partial charge in [0.2, 0.25) is 0 Å². The minimum Gasteiger partial charge on any atom is -0.310 e. The summed E-state index contributed by atoms with van der Waals surface area (Å²) in [6.45, 7) is 5.02. The van der Waals surface area contributed by atoms with Gasteiger partial charge in [-0.25, -0.2) is 0 Å². The Morgan fingerprint density at radius 2 is 2.05 bits per heavy atom. The first-order valence-corrected chi connectivity index (χ1v) is 6.90. The van der Waals surface area contributed by atoms with Gasteiger partial charge in [-0.2, -0.15) is 0 Å². The van der Waals surface area contributed by atoms with Crippen LogP contribution in [0.4, 0.5) is 0 Å². The van der Waals surface area contributed by atoms with E-state index in [0.717, 1.165) is 23.7 Å². The van der Waals surface area contributed by atoms with Crippen LogP contribution in [0.15, 0.2) is 42.6 Å². The number of hydrogen-bond acceptors (Lipinski definition) is 2. The lowest BCUT2D eigenvalue weighted by Crippen LogP contribution is -2.27. The molecule has 0 aliphatic carbocycles. The fourth-order valence-electron chi connectivity index (χ4n) is 1.98. The highest BCUT2D eigenvalue weighted by Crippen LogP contribution is 2.12. The Hall–Kier alpha value is -1.38. The Kier molecular flexibility index (Phi) is 4.94. The van der Waals surface area contributed by atoms with E-state index in [1.165, 1.54) is 11.1 Å². The zero-order chi connectivity index (χ0) is 13.7. The van der Waals surface area contributed by atoms with E-state index in [2.05, 4.69) is 29.4 Å². The summed E-state index contributed by atoms with van der Waals surface area (Å²) in [5.41, 5.74) is 3.52. The molecule has 0 fully saturated rings. The molecule has 0 bridgehead atoms. The van der Waals surface area contributed by atoms with Gasteiger partial charge < -0.3 is 5.32 Å². The third-order valence-corrected chi connectivity index (χ3v) is 3.29. The van der Waals surface area contributed by atoms with Crippen LogP contribution in [0.25, 0.3) is 0 Å². The summed E-state index contributed by atoms with van der Waals surface area (Å²) in [5.74, 6) is 0. The van der Waals surface area contributed by atoms with Crippen LogP contribution >= 0.6 is 11.6 Å². The number of nitrogens with zero attached hydrogens (tertiary/aromatic N) is 1. The van der Waals surface area contributed by atoms with Gasteiger partial charge in [-0.15, -0.1) is 0 Å². The number of benzene rings is 1. The summed E-state index contributed by atoms with van der Waals surface area (Å²) in [4.78, 5) is 4.30. The van der Waals surface area contributed by atoms with E-state index in [9.17, 15) is 0 Å². The van der Waals surface area contributed by atoms with Gasteiger partial charge >= 0.3 is 0 Å². The molecule has 19 heavy (non-hydrogen) atoms. The average molecular weight is 275 g/mol. The second kappa shape index (κ2) is 6.69. The van der Waals surface area contributed by atoms with Gasteiger partial charge in [-0.05, 0) is 49.6 Å². The quantitative estimate of drug-likeness (QED) is 0.898. The molecule has 2 nitrogen and oxygen atoms in total. The number of pyridine rings is 1. The fourth-order valence-corrected chi connectivity index (χ4v) is 2.20. The number of nitrogens with one attached hydrogen (secondary N) is 1. The molecule has 2 rings (SSSR count). The first kappa shape index (κ1) is 14.0. The maximum atomic E-state index is 5.99. The Morgan fingerprint density at radius 3 is 2.74 bits per heavy atom. The third kappa shape index (κ3) is 4.66. The molecule has 2 aromatic rings. The lowest BCUT2D eigenvalue weighted by molar-refractivity contribution is 0.545. The van der Waals surface area contributed by atoms with E-state index in [-0.39, 0.29) is 0 Å². The maximum absolute atomic E-state index is 5.99. The molecule has 0 saturated carbocycles. The van der Waals surface area contributed by atoms with Crippen LogP contribution in [-0.4, -0.2) is 11.0 Å². The van der Waals surface area contributed by atoms with Crippen LogP contribution in [0, 0.1) is 6.92 Å². The lowest BCUT2D eigenvalue weighted by atomic mass is 10.1. The molecule has 3 heteroatoms. The SMILES string of the molecule is Cc1ccc(CNC(C)Cc2cccc(Cl)c2)cn1. The van der Waals surface area contributed by atoms with Gasteiger partial charge in [0.25, 0.3) is 0 Å². The van der Waals surface area contributed by atoms with Crippen molar-refractivity contribution in [3.05, 3.63) is 64.4 Å². The van der Waals surface area contributed by atoms with Crippen molar-refractivity contribution in [3.8, 4) is 0 Å². The second-order valence-electron chi connectivity index (χ2n) is 4.92. The Balaban J connectivity index is 1.84. The zero-order valence-corrected chi connectivity index (χ0v) is 12.1. The molecule has 0 saturated heterocycles. The van der Waals surface area contributed by atoms with Gasteiger partial charge in [0.05, 0.1) is 0 Å². The van der Waals surface area contributed by atoms with Crippen molar-refractivity contribution in [1.82, 2.24) is 10.3 Å². The van der Waals surface area contributed by atoms with Crippen molar-refractivity contribution in [2.24, 2.45) is 0 Å². The molecule has 1 N–H and O–H groups in total. The zero-order valence-electron chi connectivity index (χ0n) is 11.4. The molecular formula is C16H19ClN2. The van der Waals surface area contributed by atoms with Gasteiger partial charge in [0.1, 0.15) is 0 Å². The van der Waals surface area contributed by atoms with E-state index >= 15 is 0 Å². The molecule has 1 aromatic carbocycles. The highest BCUT2D eigenvalue weighted by atomic mass is 35.5. The Morgan fingerprint density at radius 1 is 1.21 bits per heavy atom. The summed E-state index contributed by atoms with van der Waals surface area (Å²) >= 11 is 5.99. The van der Waals surface area contributed by atoms with E-state index in [0.29, 0.717) is 6.04 Å². The molecular weight excluding hydrogens is 256 g/mol. The Labute approximate surface area is 119 Å². The first-order valence-electron chi connectivity index (χ1n) is 6.53. The van der Waals surface area contributed by atoms with Crippen LogP contribution < -0.4 is 5.32 Å². The molecule has 1 heterocycles. The maximum Gasteiger partial charge on any atom is 0.0408 e. The van der Waals surface area contributed by atoms with Crippen molar-refractivity contribution in [1.29, 1.82) is 0 Å². The van der Waals surface area contributed by atoms with Crippen molar-refractivity contribution in [2.45, 2.75) is 32.9 Å². The summed E-state index contributed by atoms with van der Waals surface area (Å²) in [6, 6.07) is 12.6. The van der Waals surface area contributed by atoms with Gasteiger partial charge in [-0.3, -0.25) is 4.98 Å². The average Bonchev–Trinajstić information content (AvgIpc) is 2.38. The molecule has 1 atom stereocenters. The van der Waals surface area contributed by atoms with Crippen LogP contribution in [0.5, 0.6) is 0 Å². The van der Waals surface area contributed by atoms with Crippen LogP contribution in [-0.2, 0) is 13.0 Å². The highest BCUT2D eigenvalue weighted by Gasteiger charge is 2.04. The normalized spacial score (nSPS) is 12.4. The predicted molar refractivity (Wildman–Crippen MR) is 80.4 cm³/mol. The van der Waals surface area contributed by atoms with Crippen LogP contribution in [0.3, 0.4) is 0 Å². The topological polar surface area (TPSA) is 24.9 Å². The minimum atomic E-state index is 0.403. The van der Waals surface area contributed by atoms with E-state index < -0.39 is 0 Å². The predicted octanol–water partition coefficient (Wildman–Crippen LogP) is 3.76. The van der Waals surface area contributed by atoms with Crippen LogP contribution in [0.1, 0.15) is 23.7 Å². The highest BCUT2D eigenvalue weighted by molar-refractivity contribution is 6.30. The third-order valence-electron chi connectivity index (χ3n) is 3.06. The molecule has 0 amide bonds. The molecule has 0 radical (unpaired) electrons. The Bertz CT molecular complexity index is 523. The molecule has 100 valence electrons. The van der Waals surface area contributed by atoms with Crippen LogP contribution in [0.2, 0.25) is 5.02 Å². The molecule has 1 aromatic heterocycles.